The van der Waals surface area contributed by atoms with Gasteiger partial charge in [-0.1, -0.05) is 36.8 Å². The fraction of sp³-hybridized carbons (Fsp3) is 0.421. The minimum absolute atomic E-state index is 0.687. The third-order valence-corrected chi connectivity index (χ3v) is 4.14. The highest BCUT2D eigenvalue weighted by Gasteiger charge is 2.09. The van der Waals surface area contributed by atoms with Crippen LogP contribution in [0.1, 0.15) is 25.7 Å². The number of hydrogen-bond acceptors (Lipinski definition) is 5. The molecule has 3 rings (SSSR count). The Bertz CT molecular complexity index is 699. The van der Waals surface area contributed by atoms with E-state index in [9.17, 15) is 0 Å². The molecule has 0 bridgehead atoms. The van der Waals surface area contributed by atoms with Crippen LogP contribution in [-0.2, 0) is 9.59 Å². The molecule has 0 atom stereocenters. The van der Waals surface area contributed by atoms with Gasteiger partial charge in [0.1, 0.15) is 0 Å². The fourth-order valence-corrected chi connectivity index (χ4v) is 2.79. The molecular weight excluding hydrogens is 350 g/mol. The number of hydrogen-bond donors (Lipinski definition) is 3. The Balaban J connectivity index is 0.000000380. The van der Waals surface area contributed by atoms with Gasteiger partial charge in [0.15, 0.2) is 0 Å². The van der Waals surface area contributed by atoms with E-state index in [1.165, 1.54) is 32.4 Å². The van der Waals surface area contributed by atoms with Crippen molar-refractivity contribution >= 4 is 11.9 Å². The Hall–Kier alpha value is -2.87. The summed E-state index contributed by atoms with van der Waals surface area (Å²) in [4.78, 5) is 20.7. The summed E-state index contributed by atoms with van der Waals surface area (Å²) in [7, 11) is 0. The second kappa shape index (κ2) is 11.0. The summed E-state index contributed by atoms with van der Waals surface area (Å²) in [6, 6.07) is 12.2. The largest absolute Gasteiger partial charge is 0.477 e. The van der Waals surface area contributed by atoms with Crippen LogP contribution in [-0.4, -0.2) is 63.5 Å². The zero-order valence-corrected chi connectivity index (χ0v) is 15.1. The van der Waals surface area contributed by atoms with Crippen molar-refractivity contribution in [1.82, 2.24) is 15.1 Å². The lowest BCUT2D eigenvalue weighted by molar-refractivity contribution is -0.159. The second-order valence-corrected chi connectivity index (χ2v) is 6.20. The number of carboxylic acids is 2. The van der Waals surface area contributed by atoms with Crippen molar-refractivity contribution in [3.05, 3.63) is 36.4 Å². The van der Waals surface area contributed by atoms with Gasteiger partial charge < -0.3 is 19.8 Å². The number of aromatic amines is 1. The van der Waals surface area contributed by atoms with Gasteiger partial charge in [-0.25, -0.2) is 9.59 Å². The van der Waals surface area contributed by atoms with E-state index in [1.54, 1.807) is 0 Å². The van der Waals surface area contributed by atoms with Crippen LogP contribution in [0.3, 0.4) is 0 Å². The first kappa shape index (κ1) is 20.4. The molecule has 1 aliphatic rings. The molecule has 0 aliphatic carbocycles. The van der Waals surface area contributed by atoms with Gasteiger partial charge in [-0.05, 0) is 37.9 Å². The lowest BCUT2D eigenvalue weighted by Gasteiger charge is -2.26. The molecule has 3 N–H and O–H groups in total. The van der Waals surface area contributed by atoms with Crippen LogP contribution in [0.4, 0.5) is 0 Å². The molecule has 0 saturated carbocycles. The molecule has 27 heavy (non-hydrogen) atoms. The molecule has 0 amide bonds. The van der Waals surface area contributed by atoms with Gasteiger partial charge in [-0.15, -0.1) is 5.10 Å². The molecule has 2 aromatic rings. The first-order chi connectivity index (χ1) is 13.1. The molecule has 1 saturated heterocycles. The lowest BCUT2D eigenvalue weighted by atomic mass is 10.1. The normalized spacial score (nSPS) is 14.1. The van der Waals surface area contributed by atoms with E-state index >= 15 is 0 Å². The molecule has 0 spiro atoms. The van der Waals surface area contributed by atoms with E-state index in [-0.39, 0.29) is 0 Å². The Morgan fingerprint density at radius 1 is 1.07 bits per heavy atom. The molecule has 0 radical (unpaired) electrons. The SMILES string of the molecule is O=C(O)C(=O)O.c1ccc(-c2cc(OCCCN3CCCCC3)n[nH]2)cc1. The van der Waals surface area contributed by atoms with Gasteiger partial charge in [0.2, 0.25) is 5.88 Å². The maximum Gasteiger partial charge on any atom is 0.414 e. The summed E-state index contributed by atoms with van der Waals surface area (Å²) < 4.78 is 5.73. The average molecular weight is 375 g/mol. The van der Waals surface area contributed by atoms with Crippen LogP contribution in [0.2, 0.25) is 0 Å². The van der Waals surface area contributed by atoms with E-state index in [2.05, 4.69) is 27.2 Å². The standard InChI is InChI=1S/C17H23N3O.C2H2O4/c1-3-8-15(9-4-1)16-14-17(19-18-16)21-13-7-12-20-10-5-2-6-11-20;3-1(4)2(5)6/h1,3-4,8-9,14H,2,5-7,10-13H2,(H,18,19);(H,3,4)(H,5,6). The molecule has 1 aromatic heterocycles. The molecular formula is C19H25N3O5. The minimum Gasteiger partial charge on any atom is -0.477 e. The second-order valence-electron chi connectivity index (χ2n) is 6.20. The fourth-order valence-electron chi connectivity index (χ4n) is 2.79. The van der Waals surface area contributed by atoms with Crippen LogP contribution in [0.25, 0.3) is 11.3 Å². The van der Waals surface area contributed by atoms with Gasteiger partial charge in [0.25, 0.3) is 0 Å². The predicted octanol–water partition coefficient (Wildman–Crippen LogP) is 2.49. The number of piperidine rings is 1. The first-order valence-electron chi connectivity index (χ1n) is 8.98. The van der Waals surface area contributed by atoms with Crippen molar-refractivity contribution in [2.24, 2.45) is 0 Å². The topological polar surface area (TPSA) is 116 Å². The Labute approximate surface area is 157 Å². The molecule has 1 aliphatic heterocycles. The van der Waals surface area contributed by atoms with E-state index in [0.29, 0.717) is 5.88 Å². The first-order valence-corrected chi connectivity index (χ1v) is 8.98. The van der Waals surface area contributed by atoms with Crippen molar-refractivity contribution in [3.8, 4) is 17.1 Å². The molecule has 146 valence electrons. The zero-order valence-electron chi connectivity index (χ0n) is 15.1. The summed E-state index contributed by atoms with van der Waals surface area (Å²) in [6.45, 7) is 4.37. The molecule has 8 nitrogen and oxygen atoms in total. The van der Waals surface area contributed by atoms with Crippen molar-refractivity contribution in [1.29, 1.82) is 0 Å². The summed E-state index contributed by atoms with van der Waals surface area (Å²) in [5.74, 6) is -2.96. The summed E-state index contributed by atoms with van der Waals surface area (Å²) >= 11 is 0. The highest BCUT2D eigenvalue weighted by molar-refractivity contribution is 6.27. The minimum atomic E-state index is -1.82. The predicted molar refractivity (Wildman–Crippen MR) is 99.7 cm³/mol. The van der Waals surface area contributed by atoms with E-state index in [1.807, 2.05) is 24.3 Å². The van der Waals surface area contributed by atoms with E-state index in [4.69, 9.17) is 24.5 Å². The quantitative estimate of drug-likeness (QED) is 0.525. The van der Waals surface area contributed by atoms with Crippen LogP contribution < -0.4 is 4.74 Å². The van der Waals surface area contributed by atoms with Gasteiger partial charge in [-0.2, -0.15) is 0 Å². The number of rotatable bonds is 6. The number of carboxylic acid groups (broad SMARTS) is 2. The number of aliphatic carboxylic acids is 2. The third kappa shape index (κ3) is 7.49. The van der Waals surface area contributed by atoms with Crippen LogP contribution in [0, 0.1) is 0 Å². The highest BCUT2D eigenvalue weighted by Crippen LogP contribution is 2.20. The Morgan fingerprint density at radius 3 is 2.37 bits per heavy atom. The van der Waals surface area contributed by atoms with E-state index < -0.39 is 11.9 Å². The number of aromatic nitrogens is 2. The number of benzene rings is 1. The number of H-pyrrole nitrogens is 1. The average Bonchev–Trinajstić information content (AvgIpc) is 3.16. The van der Waals surface area contributed by atoms with Crippen molar-refractivity contribution in [2.75, 3.05) is 26.2 Å². The van der Waals surface area contributed by atoms with Gasteiger partial charge >= 0.3 is 11.9 Å². The zero-order chi connectivity index (χ0) is 19.5. The molecule has 0 unspecified atom stereocenters. The summed E-state index contributed by atoms with van der Waals surface area (Å²) in [6.07, 6.45) is 5.15. The summed E-state index contributed by atoms with van der Waals surface area (Å²) in [5, 5.41) is 22.0. The van der Waals surface area contributed by atoms with Crippen LogP contribution >= 0.6 is 0 Å². The van der Waals surface area contributed by atoms with Crippen LogP contribution in [0.15, 0.2) is 36.4 Å². The number of nitrogens with zero attached hydrogens (tertiary/aromatic N) is 2. The number of likely N-dealkylation sites (tertiary alicyclic amines) is 1. The molecule has 2 heterocycles. The van der Waals surface area contributed by atoms with E-state index in [0.717, 1.165) is 30.8 Å². The number of carbonyl (C=O) groups is 2. The van der Waals surface area contributed by atoms with Gasteiger partial charge in [0, 0.05) is 12.6 Å². The smallest absolute Gasteiger partial charge is 0.414 e. The molecule has 8 heteroatoms. The maximum atomic E-state index is 9.10. The number of nitrogens with one attached hydrogen (secondary N) is 1. The molecule has 1 fully saturated rings. The van der Waals surface area contributed by atoms with Crippen molar-refractivity contribution in [2.45, 2.75) is 25.7 Å². The number of ether oxygens (including phenoxy) is 1. The lowest BCUT2D eigenvalue weighted by Crippen LogP contribution is -2.31. The highest BCUT2D eigenvalue weighted by atomic mass is 16.5. The van der Waals surface area contributed by atoms with Crippen LogP contribution in [0.5, 0.6) is 5.88 Å². The Kier molecular flexibility index (Phi) is 8.31. The Morgan fingerprint density at radius 2 is 1.74 bits per heavy atom. The monoisotopic (exact) mass is 375 g/mol. The molecule has 1 aromatic carbocycles. The van der Waals surface area contributed by atoms with Gasteiger partial charge in [0.05, 0.1) is 12.3 Å². The summed E-state index contributed by atoms with van der Waals surface area (Å²) in [5.41, 5.74) is 2.13. The van der Waals surface area contributed by atoms with Gasteiger partial charge in [-0.3, -0.25) is 5.10 Å². The third-order valence-electron chi connectivity index (χ3n) is 4.14. The van der Waals surface area contributed by atoms with Crippen molar-refractivity contribution in [3.63, 3.8) is 0 Å². The van der Waals surface area contributed by atoms with Crippen molar-refractivity contribution < 1.29 is 24.5 Å². The maximum absolute atomic E-state index is 9.10.